The van der Waals surface area contributed by atoms with Crippen molar-refractivity contribution in [1.29, 1.82) is 0 Å². The Labute approximate surface area is 543 Å². The molecule has 0 fully saturated rings. The number of hydrogen-bond donors (Lipinski definition) is 3. The number of aliphatic hydroxyl groups excluding tert-OH is 1. The molecule has 3 unspecified atom stereocenters. The van der Waals surface area contributed by atoms with Crippen LogP contribution in [0.4, 0.5) is 0 Å². The Morgan fingerprint density at radius 1 is 0.326 bits per heavy atom. The van der Waals surface area contributed by atoms with Crippen molar-refractivity contribution in [3.8, 4) is 0 Å². The van der Waals surface area contributed by atoms with Crippen molar-refractivity contribution in [3.05, 3.63) is 0 Å². The Morgan fingerprint density at radius 3 is 0.854 bits per heavy atom. The summed E-state index contributed by atoms with van der Waals surface area (Å²) in [5.74, 6) is -0.630. The van der Waals surface area contributed by atoms with Crippen LogP contribution in [0.25, 0.3) is 0 Å². The van der Waals surface area contributed by atoms with E-state index in [4.69, 9.17) is 37.0 Å². The smallest absolute Gasteiger partial charge is 0.462 e. The normalized spacial score (nSPS) is 14.4. The molecule has 0 radical (unpaired) electrons. The summed E-state index contributed by atoms with van der Waals surface area (Å²) in [6.45, 7) is 9.50. The summed E-state index contributed by atoms with van der Waals surface area (Å²) in [6, 6.07) is 0. The number of phosphoric acid groups is 2. The summed E-state index contributed by atoms with van der Waals surface area (Å²) in [4.78, 5) is 72.5. The van der Waals surface area contributed by atoms with Crippen LogP contribution < -0.4 is 0 Å². The third kappa shape index (κ3) is 63.2. The van der Waals surface area contributed by atoms with E-state index in [0.717, 1.165) is 102 Å². The molecule has 0 heterocycles. The van der Waals surface area contributed by atoms with Crippen LogP contribution in [0.3, 0.4) is 0 Å². The van der Waals surface area contributed by atoms with Crippen molar-refractivity contribution in [2.45, 2.75) is 374 Å². The molecule has 19 heteroatoms. The largest absolute Gasteiger partial charge is 0.472 e. The van der Waals surface area contributed by atoms with Crippen molar-refractivity contribution >= 4 is 39.5 Å². The quantitative estimate of drug-likeness (QED) is 0.0222. The van der Waals surface area contributed by atoms with Gasteiger partial charge in [0.15, 0.2) is 12.2 Å². The van der Waals surface area contributed by atoms with Crippen molar-refractivity contribution in [2.75, 3.05) is 39.6 Å². The molecular weight excluding hydrogens is 1170 g/mol. The van der Waals surface area contributed by atoms with Crippen LogP contribution in [0.2, 0.25) is 0 Å². The number of carbonyl (C=O) groups is 4. The molecule has 0 aliphatic rings. The number of rotatable bonds is 69. The monoisotopic (exact) mass is 1310 g/mol. The number of aliphatic hydroxyl groups is 1. The second-order valence-electron chi connectivity index (χ2n) is 26.0. The highest BCUT2D eigenvalue weighted by Crippen LogP contribution is 2.45. The minimum absolute atomic E-state index is 0.103. The fourth-order valence-corrected chi connectivity index (χ4v) is 12.1. The third-order valence-corrected chi connectivity index (χ3v) is 18.5. The summed E-state index contributed by atoms with van der Waals surface area (Å²) >= 11 is 0. The van der Waals surface area contributed by atoms with Crippen LogP contribution in [-0.2, 0) is 65.4 Å². The molecule has 0 amide bonds. The van der Waals surface area contributed by atoms with Gasteiger partial charge in [-0.25, -0.2) is 9.13 Å². The molecule has 3 N–H and O–H groups in total. The second kappa shape index (κ2) is 62.2. The first-order chi connectivity index (χ1) is 42.9. The summed E-state index contributed by atoms with van der Waals surface area (Å²) in [7, 11) is -9.90. The Balaban J connectivity index is 5.23. The van der Waals surface area contributed by atoms with Gasteiger partial charge >= 0.3 is 39.5 Å². The molecule has 17 nitrogen and oxygen atoms in total. The molecule has 0 aromatic carbocycles. The van der Waals surface area contributed by atoms with Crippen LogP contribution in [0, 0.1) is 11.8 Å². The summed E-state index contributed by atoms with van der Waals surface area (Å²) < 4.78 is 68.2. The number of hydrogen-bond acceptors (Lipinski definition) is 15. The molecule has 0 rings (SSSR count). The van der Waals surface area contributed by atoms with E-state index >= 15 is 0 Å². The van der Waals surface area contributed by atoms with E-state index in [-0.39, 0.29) is 25.7 Å². The topological polar surface area (TPSA) is 237 Å². The zero-order valence-electron chi connectivity index (χ0n) is 57.7. The van der Waals surface area contributed by atoms with Gasteiger partial charge in [0.05, 0.1) is 26.4 Å². The highest BCUT2D eigenvalue weighted by molar-refractivity contribution is 7.47. The second-order valence-corrected chi connectivity index (χ2v) is 28.9. The number of esters is 4. The Hall–Kier alpha value is -1.94. The molecule has 6 atom stereocenters. The lowest BCUT2D eigenvalue weighted by atomic mass is 10.00. The molecule has 528 valence electrons. The van der Waals surface area contributed by atoms with Gasteiger partial charge in [-0.05, 0) is 37.5 Å². The molecule has 0 aromatic rings. The highest BCUT2D eigenvalue weighted by Gasteiger charge is 2.30. The van der Waals surface area contributed by atoms with Gasteiger partial charge in [0, 0.05) is 25.7 Å². The average Bonchev–Trinajstić information content (AvgIpc) is 3.58. The van der Waals surface area contributed by atoms with Crippen molar-refractivity contribution in [1.82, 2.24) is 0 Å². The van der Waals surface area contributed by atoms with Gasteiger partial charge in [0.1, 0.15) is 19.3 Å². The minimum atomic E-state index is -4.95. The molecule has 0 aromatic heterocycles. The van der Waals surface area contributed by atoms with Crippen molar-refractivity contribution in [3.63, 3.8) is 0 Å². The van der Waals surface area contributed by atoms with Crippen LogP contribution in [0.5, 0.6) is 0 Å². The van der Waals surface area contributed by atoms with Gasteiger partial charge in [-0.3, -0.25) is 37.3 Å². The maximum absolute atomic E-state index is 13.0. The van der Waals surface area contributed by atoms with Gasteiger partial charge in [0.2, 0.25) is 0 Å². The predicted octanol–water partition coefficient (Wildman–Crippen LogP) is 20.0. The van der Waals surface area contributed by atoms with E-state index < -0.39 is 97.5 Å². The maximum atomic E-state index is 13.0. The van der Waals surface area contributed by atoms with Gasteiger partial charge in [-0.15, -0.1) is 0 Å². The molecule has 89 heavy (non-hydrogen) atoms. The van der Waals surface area contributed by atoms with Crippen LogP contribution in [0.1, 0.15) is 356 Å². The lowest BCUT2D eigenvalue weighted by Crippen LogP contribution is -2.30. The molecule has 0 spiro atoms. The molecule has 0 saturated carbocycles. The summed E-state index contributed by atoms with van der Waals surface area (Å²) in [5.41, 5.74) is 0. The fourth-order valence-electron chi connectivity index (χ4n) is 10.6. The van der Waals surface area contributed by atoms with E-state index in [2.05, 4.69) is 41.5 Å². The van der Waals surface area contributed by atoms with Crippen molar-refractivity contribution < 1.29 is 80.2 Å². The Kier molecular flexibility index (Phi) is 60.8. The first-order valence-electron chi connectivity index (χ1n) is 36.5. The Bertz CT molecular complexity index is 1740. The number of phosphoric ester groups is 2. The standard InChI is InChI=1S/C70H136O17P2/c1-7-10-12-14-16-18-19-20-21-22-26-30-34-41-47-53-68(73)81-58-65(86-69(74)54-48-42-35-31-27-24-23-25-29-32-38-44-50-62(4)5)60-84-88(76,77)82-56-64(71)57-83-89(78,79)85-61-66(59-80-67(72)52-46-40-33-28-17-15-13-11-8-2)87-70(75)55-49-43-37-36-39-45-51-63(6)9-3/h62-66,71H,7-61H2,1-6H3,(H,76,77)(H,78,79)/t63?,64-,65-,66-/m1/s1. The SMILES string of the molecule is CCCCCCCCCCCCCCCCCC(=O)OC[C@H](COP(=O)(O)OC[C@@H](O)COP(=O)(O)OC[C@@H](COC(=O)CCCCCCCCCCC)OC(=O)CCCCCCCCC(C)CC)OC(=O)CCCCCCCCCCCCCCC(C)C. The number of unbranched alkanes of at least 4 members (excludes halogenated alkanes) is 38. The molecule has 0 bridgehead atoms. The Morgan fingerprint density at radius 2 is 0.573 bits per heavy atom. The first-order valence-corrected chi connectivity index (χ1v) is 39.5. The third-order valence-electron chi connectivity index (χ3n) is 16.6. The van der Waals surface area contributed by atoms with E-state index in [0.29, 0.717) is 25.7 Å². The van der Waals surface area contributed by atoms with Crippen LogP contribution in [-0.4, -0.2) is 96.7 Å². The van der Waals surface area contributed by atoms with Crippen molar-refractivity contribution in [2.24, 2.45) is 11.8 Å². The fraction of sp³-hybridized carbons (Fsp3) is 0.943. The van der Waals surface area contributed by atoms with Gasteiger partial charge in [0.25, 0.3) is 0 Å². The van der Waals surface area contributed by atoms with Gasteiger partial charge < -0.3 is 33.8 Å². The molecule has 0 aliphatic carbocycles. The molecule has 0 saturated heterocycles. The first kappa shape index (κ1) is 87.1. The van der Waals surface area contributed by atoms with Crippen LogP contribution in [0.15, 0.2) is 0 Å². The highest BCUT2D eigenvalue weighted by atomic mass is 31.2. The number of carbonyl (C=O) groups excluding carboxylic acids is 4. The average molecular weight is 1310 g/mol. The molecular formula is C70H136O17P2. The lowest BCUT2D eigenvalue weighted by molar-refractivity contribution is -0.161. The van der Waals surface area contributed by atoms with Crippen LogP contribution >= 0.6 is 15.6 Å². The van der Waals surface area contributed by atoms with Gasteiger partial charge in [-0.2, -0.15) is 0 Å². The number of ether oxygens (including phenoxy) is 4. The summed E-state index contributed by atoms with van der Waals surface area (Å²) in [5, 5.41) is 10.6. The zero-order valence-corrected chi connectivity index (χ0v) is 59.5. The zero-order chi connectivity index (χ0) is 65.7. The summed E-state index contributed by atoms with van der Waals surface area (Å²) in [6.07, 6.45) is 47.2. The van der Waals surface area contributed by atoms with E-state index in [1.54, 1.807) is 0 Å². The lowest BCUT2D eigenvalue weighted by Gasteiger charge is -2.21. The maximum Gasteiger partial charge on any atom is 0.472 e. The van der Waals surface area contributed by atoms with E-state index in [1.807, 2.05) is 0 Å². The van der Waals surface area contributed by atoms with E-state index in [9.17, 15) is 43.2 Å². The van der Waals surface area contributed by atoms with Gasteiger partial charge in [-0.1, -0.05) is 305 Å². The minimum Gasteiger partial charge on any atom is -0.462 e. The molecule has 0 aliphatic heterocycles. The predicted molar refractivity (Wildman–Crippen MR) is 358 cm³/mol. The van der Waals surface area contributed by atoms with E-state index in [1.165, 1.54) is 173 Å².